The molecule has 1 aliphatic heterocycles. The summed E-state index contributed by atoms with van der Waals surface area (Å²) in [7, 11) is 3.99. The fraction of sp³-hybridized carbons (Fsp3) is 0.680. The molecule has 1 saturated heterocycles. The largest absolute Gasteiger partial charge is 0.377 e. The summed E-state index contributed by atoms with van der Waals surface area (Å²) in [6.07, 6.45) is 2.56. The Morgan fingerprint density at radius 2 is 1.81 bits per heavy atom. The maximum atomic E-state index is 13.2. The maximum absolute atomic E-state index is 13.2. The number of carbonyl (C=O) groups is 2. The van der Waals surface area contributed by atoms with Crippen molar-refractivity contribution in [3.8, 4) is 0 Å². The van der Waals surface area contributed by atoms with Crippen molar-refractivity contribution in [1.82, 2.24) is 4.90 Å². The van der Waals surface area contributed by atoms with E-state index in [1.54, 1.807) is 0 Å². The van der Waals surface area contributed by atoms with Crippen molar-refractivity contribution in [2.75, 3.05) is 37.5 Å². The van der Waals surface area contributed by atoms with Crippen molar-refractivity contribution in [1.29, 1.82) is 0 Å². The summed E-state index contributed by atoms with van der Waals surface area (Å²) in [6, 6.07) is 5.93. The highest BCUT2D eigenvalue weighted by Gasteiger charge is 2.31. The number of ether oxygens (including phenoxy) is 1. The molecule has 1 unspecified atom stereocenters. The van der Waals surface area contributed by atoms with Crippen molar-refractivity contribution in [3.63, 3.8) is 0 Å². The zero-order valence-electron chi connectivity index (χ0n) is 20.7. The van der Waals surface area contributed by atoms with Crippen LogP contribution in [-0.4, -0.2) is 50.1 Å². The fourth-order valence-electron chi connectivity index (χ4n) is 3.85. The normalized spacial score (nSPS) is 16.8. The van der Waals surface area contributed by atoms with Crippen molar-refractivity contribution in [2.45, 2.75) is 73.5 Å². The van der Waals surface area contributed by atoms with Gasteiger partial charge in [-0.05, 0) is 42.0 Å². The number of hydrogen-bond acceptors (Lipinski definition) is 4. The number of nitrogens with one attached hydrogen (secondary N) is 1. The summed E-state index contributed by atoms with van der Waals surface area (Å²) in [5, 5.41) is 3.03. The van der Waals surface area contributed by atoms with E-state index in [0.29, 0.717) is 19.5 Å². The van der Waals surface area contributed by atoms with Crippen molar-refractivity contribution >= 4 is 23.2 Å². The first-order valence-corrected chi connectivity index (χ1v) is 11.3. The highest BCUT2D eigenvalue weighted by molar-refractivity contribution is 5.91. The van der Waals surface area contributed by atoms with E-state index in [1.165, 1.54) is 0 Å². The predicted octanol–water partition coefficient (Wildman–Crippen LogP) is 4.68. The van der Waals surface area contributed by atoms with E-state index in [2.05, 4.69) is 5.32 Å². The van der Waals surface area contributed by atoms with E-state index >= 15 is 0 Å². The van der Waals surface area contributed by atoms with E-state index < -0.39 is 5.41 Å². The second kappa shape index (κ2) is 10.0. The molecule has 0 aliphatic carbocycles. The summed E-state index contributed by atoms with van der Waals surface area (Å²) in [6.45, 7) is 13.8. The number of amides is 2. The maximum Gasteiger partial charge on any atom is 0.228 e. The number of anilines is 2. The molecule has 0 bridgehead atoms. The zero-order valence-corrected chi connectivity index (χ0v) is 20.7. The summed E-state index contributed by atoms with van der Waals surface area (Å²) in [4.78, 5) is 29.7. The Morgan fingerprint density at radius 3 is 2.32 bits per heavy atom. The second-order valence-electron chi connectivity index (χ2n) is 11.1. The Bertz CT molecular complexity index is 769. The average molecular weight is 432 g/mol. The standard InChI is InChI=1S/C25H41N3O3/c1-24(2,3)15-22(29)26-19-11-12-21(27(7)8)18(14-19)16-28(23(30)25(4,5)6)17-20-10-9-13-31-20/h11-12,14,20H,9-10,13,15-17H2,1-8H3,(H,26,29). The lowest BCUT2D eigenvalue weighted by molar-refractivity contribution is -0.141. The van der Waals surface area contributed by atoms with Crippen LogP contribution in [0, 0.1) is 10.8 Å². The SMILES string of the molecule is CN(C)c1ccc(NC(=O)CC(C)(C)C)cc1CN(CC1CCCO1)C(=O)C(C)(C)C. The van der Waals surface area contributed by atoms with Crippen LogP contribution in [0.5, 0.6) is 0 Å². The van der Waals surface area contributed by atoms with Gasteiger partial charge in [0.15, 0.2) is 0 Å². The first-order valence-electron chi connectivity index (χ1n) is 11.3. The minimum atomic E-state index is -0.477. The number of benzene rings is 1. The molecule has 1 aromatic rings. The van der Waals surface area contributed by atoms with Gasteiger partial charge in [-0.3, -0.25) is 9.59 Å². The van der Waals surface area contributed by atoms with Gasteiger partial charge in [-0.15, -0.1) is 0 Å². The molecule has 6 heteroatoms. The van der Waals surface area contributed by atoms with Crippen LogP contribution in [0.1, 0.15) is 66.4 Å². The van der Waals surface area contributed by atoms with Crippen LogP contribution < -0.4 is 10.2 Å². The molecule has 0 spiro atoms. The van der Waals surface area contributed by atoms with Gasteiger partial charge in [0.05, 0.1) is 6.10 Å². The summed E-state index contributed by atoms with van der Waals surface area (Å²) < 4.78 is 5.82. The molecule has 1 fully saturated rings. The monoisotopic (exact) mass is 431 g/mol. The lowest BCUT2D eigenvalue weighted by Crippen LogP contribution is -2.43. The zero-order chi connectivity index (χ0) is 23.4. The van der Waals surface area contributed by atoms with E-state index in [-0.39, 0.29) is 23.3 Å². The molecule has 1 heterocycles. The van der Waals surface area contributed by atoms with Gasteiger partial charge in [-0.1, -0.05) is 41.5 Å². The summed E-state index contributed by atoms with van der Waals surface area (Å²) in [5.41, 5.74) is 2.25. The van der Waals surface area contributed by atoms with Gasteiger partial charge in [0, 0.05) is 57.0 Å². The molecular weight excluding hydrogens is 390 g/mol. The molecular formula is C25H41N3O3. The fourth-order valence-corrected chi connectivity index (χ4v) is 3.85. The highest BCUT2D eigenvalue weighted by Crippen LogP contribution is 2.28. The Kier molecular flexibility index (Phi) is 8.15. The van der Waals surface area contributed by atoms with E-state index in [0.717, 1.165) is 36.4 Å². The molecule has 31 heavy (non-hydrogen) atoms. The third-order valence-corrected chi connectivity index (χ3v) is 5.27. The molecule has 1 N–H and O–H groups in total. The van der Waals surface area contributed by atoms with E-state index in [4.69, 9.17) is 4.74 Å². The Hall–Kier alpha value is -2.08. The topological polar surface area (TPSA) is 61.9 Å². The lowest BCUT2D eigenvalue weighted by atomic mass is 9.92. The van der Waals surface area contributed by atoms with Crippen LogP contribution in [0.15, 0.2) is 18.2 Å². The van der Waals surface area contributed by atoms with E-state index in [1.807, 2.05) is 83.6 Å². The molecule has 2 rings (SSSR count). The molecule has 1 aliphatic rings. The molecule has 1 atom stereocenters. The highest BCUT2D eigenvalue weighted by atomic mass is 16.5. The van der Waals surface area contributed by atoms with Gasteiger partial charge in [-0.2, -0.15) is 0 Å². The Balaban J connectivity index is 2.30. The van der Waals surface area contributed by atoms with Crippen LogP contribution in [0.25, 0.3) is 0 Å². The summed E-state index contributed by atoms with van der Waals surface area (Å²) in [5.74, 6) is 0.105. The Labute approximate surface area is 188 Å². The lowest BCUT2D eigenvalue weighted by Gasteiger charge is -2.32. The van der Waals surface area contributed by atoms with Crippen LogP contribution in [0.4, 0.5) is 11.4 Å². The smallest absolute Gasteiger partial charge is 0.228 e. The van der Waals surface area contributed by atoms with Crippen LogP contribution in [0.2, 0.25) is 0 Å². The van der Waals surface area contributed by atoms with Crippen molar-refractivity contribution < 1.29 is 14.3 Å². The van der Waals surface area contributed by atoms with Crippen molar-refractivity contribution in [2.24, 2.45) is 10.8 Å². The first kappa shape index (κ1) is 25.2. The molecule has 1 aromatic carbocycles. The molecule has 0 radical (unpaired) electrons. The molecule has 2 amide bonds. The third kappa shape index (κ3) is 7.84. The first-order chi connectivity index (χ1) is 14.3. The minimum Gasteiger partial charge on any atom is -0.377 e. The van der Waals surface area contributed by atoms with Gasteiger partial charge in [-0.25, -0.2) is 0 Å². The van der Waals surface area contributed by atoms with Gasteiger partial charge in [0.25, 0.3) is 0 Å². The van der Waals surface area contributed by atoms with Crippen LogP contribution >= 0.6 is 0 Å². The number of carbonyl (C=O) groups excluding carboxylic acids is 2. The van der Waals surface area contributed by atoms with Crippen LogP contribution in [-0.2, 0) is 20.9 Å². The van der Waals surface area contributed by atoms with Gasteiger partial charge < -0.3 is 19.9 Å². The quantitative estimate of drug-likeness (QED) is 0.681. The third-order valence-electron chi connectivity index (χ3n) is 5.27. The minimum absolute atomic E-state index is 0.00182. The van der Waals surface area contributed by atoms with Gasteiger partial charge in [0.1, 0.15) is 0 Å². The Morgan fingerprint density at radius 1 is 1.13 bits per heavy atom. The average Bonchev–Trinajstić information content (AvgIpc) is 3.11. The molecule has 6 nitrogen and oxygen atoms in total. The summed E-state index contributed by atoms with van der Waals surface area (Å²) >= 11 is 0. The van der Waals surface area contributed by atoms with E-state index in [9.17, 15) is 9.59 Å². The number of rotatable bonds is 7. The second-order valence-corrected chi connectivity index (χ2v) is 11.1. The predicted molar refractivity (Wildman–Crippen MR) is 127 cm³/mol. The molecule has 174 valence electrons. The van der Waals surface area contributed by atoms with Crippen LogP contribution in [0.3, 0.4) is 0 Å². The number of hydrogen-bond donors (Lipinski definition) is 1. The number of nitrogens with zero attached hydrogens (tertiary/aromatic N) is 2. The molecule has 0 aromatic heterocycles. The van der Waals surface area contributed by atoms with Gasteiger partial charge >= 0.3 is 0 Å². The van der Waals surface area contributed by atoms with Crippen molar-refractivity contribution in [3.05, 3.63) is 23.8 Å². The molecule has 0 saturated carbocycles. The van der Waals surface area contributed by atoms with Gasteiger partial charge in [0.2, 0.25) is 11.8 Å².